The van der Waals surface area contributed by atoms with Crippen LogP contribution in [0.4, 0.5) is 19.0 Å². The lowest BCUT2D eigenvalue weighted by Crippen LogP contribution is -2.60. The van der Waals surface area contributed by atoms with E-state index in [-0.39, 0.29) is 76.2 Å². The second-order valence-corrected chi connectivity index (χ2v) is 13.4. The van der Waals surface area contributed by atoms with Crippen molar-refractivity contribution in [3.05, 3.63) is 40.9 Å². The highest BCUT2D eigenvalue weighted by Crippen LogP contribution is 2.46. The van der Waals surface area contributed by atoms with Crippen LogP contribution in [0.3, 0.4) is 0 Å². The van der Waals surface area contributed by atoms with Gasteiger partial charge in [-0.1, -0.05) is 17.7 Å². The normalized spacial score (nSPS) is 28.8. The first-order valence-corrected chi connectivity index (χ1v) is 15.9. The zero-order valence-electron chi connectivity index (χ0n) is 24.2. The Kier molecular flexibility index (Phi) is 6.12. The number of piperazine rings is 1. The fraction of sp³-hybridized carbons (Fsp3) is 0.469. The molecule has 0 radical (unpaired) electrons. The Morgan fingerprint density at radius 3 is 2.91 bits per heavy atom. The standard InChI is InChI=1S/C32H30ClF3N6O3/c33-25-20(35)4-2-15-8-18(43)9-19(23(15)25)27-26(36)28-24-29(42-12-17-3-5-21(37-17)22(42)13-44-30(24)38-27)40-31(39-28)45-14-32-6-1-7-41(32)11-16(34)10-32/h2,4,8-9,16-17,21-22,37,43H,1,3,5-7,10-14H2. The highest BCUT2D eigenvalue weighted by atomic mass is 35.5. The molecule has 0 spiro atoms. The number of nitrogens with zero attached hydrogens (tertiary/aromatic N) is 5. The molecule has 9 rings (SSSR count). The SMILES string of the molecule is Oc1cc(-c2nc3c4c(nc(OCC56CCCN5CC(F)C6)nc4c2F)N2CC4CCC(N4)C2CO3)c2c(Cl)c(F)ccc2c1. The molecule has 45 heavy (non-hydrogen) atoms. The molecule has 2 N–H and O–H groups in total. The number of fused-ring (bicyclic) bond motifs is 7. The highest BCUT2D eigenvalue weighted by molar-refractivity contribution is 6.37. The van der Waals surface area contributed by atoms with Crippen molar-refractivity contribution in [2.75, 3.05) is 37.7 Å². The van der Waals surface area contributed by atoms with Gasteiger partial charge in [0, 0.05) is 42.5 Å². The lowest BCUT2D eigenvalue weighted by Gasteiger charge is -2.40. The number of alkyl halides is 1. The van der Waals surface area contributed by atoms with Crippen LogP contribution in [-0.4, -0.2) is 87.6 Å². The van der Waals surface area contributed by atoms with E-state index >= 15 is 4.39 Å². The fourth-order valence-corrected chi connectivity index (χ4v) is 8.65. The third kappa shape index (κ3) is 4.18. The number of benzene rings is 2. The number of ether oxygens (including phenoxy) is 2. The van der Waals surface area contributed by atoms with Gasteiger partial charge in [-0.05, 0) is 55.8 Å². The van der Waals surface area contributed by atoms with Crippen molar-refractivity contribution in [1.29, 1.82) is 0 Å². The Morgan fingerprint density at radius 1 is 1.13 bits per heavy atom. The average molecular weight is 639 g/mol. The number of rotatable bonds is 4. The number of phenols is 1. The van der Waals surface area contributed by atoms with Crippen molar-refractivity contribution in [3.8, 4) is 28.9 Å². The summed E-state index contributed by atoms with van der Waals surface area (Å²) in [5.74, 6) is -1.05. The van der Waals surface area contributed by atoms with Gasteiger partial charge in [-0.3, -0.25) is 4.90 Å². The zero-order chi connectivity index (χ0) is 30.6. The Bertz CT molecular complexity index is 1900. The predicted octanol–water partition coefficient (Wildman–Crippen LogP) is 5.14. The van der Waals surface area contributed by atoms with Gasteiger partial charge in [0.15, 0.2) is 5.82 Å². The van der Waals surface area contributed by atoms with Crippen LogP contribution in [0.15, 0.2) is 24.3 Å². The number of hydrogen-bond donors (Lipinski definition) is 2. The van der Waals surface area contributed by atoms with E-state index in [1.54, 1.807) is 0 Å². The van der Waals surface area contributed by atoms with Gasteiger partial charge >= 0.3 is 6.01 Å². The third-order valence-electron chi connectivity index (χ3n) is 10.4. The third-order valence-corrected chi connectivity index (χ3v) is 10.8. The molecule has 5 unspecified atom stereocenters. The second-order valence-electron chi connectivity index (χ2n) is 13.0. The maximum Gasteiger partial charge on any atom is 0.319 e. The Hall–Kier alpha value is -3.61. The van der Waals surface area contributed by atoms with E-state index < -0.39 is 23.3 Å². The summed E-state index contributed by atoms with van der Waals surface area (Å²) in [6, 6.07) is 5.69. The minimum absolute atomic E-state index is 0.0144. The predicted molar refractivity (Wildman–Crippen MR) is 162 cm³/mol. The van der Waals surface area contributed by atoms with E-state index in [0.717, 1.165) is 32.2 Å². The molecule has 9 nitrogen and oxygen atoms in total. The second kappa shape index (κ2) is 9.94. The van der Waals surface area contributed by atoms with Crippen molar-refractivity contribution in [1.82, 2.24) is 25.2 Å². The van der Waals surface area contributed by atoms with Crippen LogP contribution in [0.25, 0.3) is 32.9 Å². The number of pyridine rings is 1. The first kappa shape index (κ1) is 27.7. The molecule has 5 aliphatic heterocycles. The lowest BCUT2D eigenvalue weighted by molar-refractivity contribution is 0.107. The van der Waals surface area contributed by atoms with Crippen LogP contribution < -0.4 is 19.7 Å². The van der Waals surface area contributed by atoms with Gasteiger partial charge in [-0.25, -0.2) is 18.2 Å². The quantitative estimate of drug-likeness (QED) is 0.315. The molecule has 5 atom stereocenters. The van der Waals surface area contributed by atoms with Crippen LogP contribution in [0.2, 0.25) is 5.02 Å². The minimum atomic E-state index is -0.923. The molecule has 5 aliphatic rings. The van der Waals surface area contributed by atoms with Crippen molar-refractivity contribution in [2.45, 2.75) is 61.9 Å². The Morgan fingerprint density at radius 2 is 2.02 bits per heavy atom. The van der Waals surface area contributed by atoms with Crippen molar-refractivity contribution in [2.24, 2.45) is 0 Å². The number of anilines is 1. The highest BCUT2D eigenvalue weighted by Gasteiger charge is 2.50. The maximum atomic E-state index is 16.9. The summed E-state index contributed by atoms with van der Waals surface area (Å²) in [6.45, 7) is 2.29. The lowest BCUT2D eigenvalue weighted by atomic mass is 9.95. The van der Waals surface area contributed by atoms with E-state index in [4.69, 9.17) is 26.1 Å². The molecule has 2 aromatic carbocycles. The van der Waals surface area contributed by atoms with Crippen molar-refractivity contribution < 1.29 is 27.8 Å². The number of nitrogens with one attached hydrogen (secondary N) is 1. The molecule has 2 aromatic heterocycles. The average Bonchev–Trinajstić information content (AvgIpc) is 3.65. The van der Waals surface area contributed by atoms with Gasteiger partial charge in [0.25, 0.3) is 0 Å². The van der Waals surface area contributed by atoms with Crippen LogP contribution in [0.1, 0.15) is 32.1 Å². The van der Waals surface area contributed by atoms with E-state index in [1.807, 2.05) is 0 Å². The van der Waals surface area contributed by atoms with Crippen LogP contribution in [0.5, 0.6) is 17.6 Å². The summed E-state index contributed by atoms with van der Waals surface area (Å²) in [5, 5.41) is 14.9. The van der Waals surface area contributed by atoms with E-state index in [9.17, 15) is 13.9 Å². The van der Waals surface area contributed by atoms with Gasteiger partial charge < -0.3 is 24.8 Å². The number of aromatic nitrogens is 3. The first-order valence-electron chi connectivity index (χ1n) is 15.5. The zero-order valence-corrected chi connectivity index (χ0v) is 25.0. The number of halogens is 4. The largest absolute Gasteiger partial charge is 0.508 e. The number of hydrogen-bond acceptors (Lipinski definition) is 9. The first-order chi connectivity index (χ1) is 21.8. The molecule has 4 saturated heterocycles. The van der Waals surface area contributed by atoms with E-state index in [2.05, 4.69) is 25.1 Å². The fourth-order valence-electron chi connectivity index (χ4n) is 8.38. The van der Waals surface area contributed by atoms with Crippen molar-refractivity contribution >= 4 is 39.1 Å². The van der Waals surface area contributed by atoms with Crippen LogP contribution in [0, 0.1) is 11.6 Å². The summed E-state index contributed by atoms with van der Waals surface area (Å²) < 4.78 is 58.6. The number of phenolic OH excluding ortho intramolecular Hbond substituents is 1. The molecule has 7 heterocycles. The smallest absolute Gasteiger partial charge is 0.319 e. The molecule has 2 bridgehead atoms. The summed E-state index contributed by atoms with van der Waals surface area (Å²) >= 11 is 6.41. The Labute approximate surface area is 261 Å². The molecule has 0 amide bonds. The van der Waals surface area contributed by atoms with E-state index in [1.165, 1.54) is 24.3 Å². The molecule has 13 heteroatoms. The molecule has 4 aromatic rings. The van der Waals surface area contributed by atoms with Gasteiger partial charge in [-0.15, -0.1) is 0 Å². The van der Waals surface area contributed by atoms with Gasteiger partial charge in [0.2, 0.25) is 5.88 Å². The molecular weight excluding hydrogens is 609 g/mol. The maximum absolute atomic E-state index is 16.9. The summed E-state index contributed by atoms with van der Waals surface area (Å²) in [5.41, 5.74) is -0.613. The van der Waals surface area contributed by atoms with Crippen LogP contribution in [-0.2, 0) is 0 Å². The monoisotopic (exact) mass is 638 g/mol. The topological polar surface area (TPSA) is 95.9 Å². The van der Waals surface area contributed by atoms with Gasteiger partial charge in [0.1, 0.15) is 53.4 Å². The van der Waals surface area contributed by atoms with Crippen molar-refractivity contribution in [3.63, 3.8) is 0 Å². The summed E-state index contributed by atoms with van der Waals surface area (Å²) in [7, 11) is 0. The molecule has 0 saturated carbocycles. The summed E-state index contributed by atoms with van der Waals surface area (Å²) in [6.07, 6.45) is 3.19. The summed E-state index contributed by atoms with van der Waals surface area (Å²) in [4.78, 5) is 18.3. The molecule has 0 aliphatic carbocycles. The van der Waals surface area contributed by atoms with Crippen LogP contribution >= 0.6 is 11.6 Å². The molecule has 4 fully saturated rings. The molecular formula is C32H30ClF3N6O3. The minimum Gasteiger partial charge on any atom is -0.508 e. The number of aromatic hydroxyl groups is 1. The van der Waals surface area contributed by atoms with E-state index in [0.29, 0.717) is 36.1 Å². The molecule has 234 valence electrons. The Balaban J connectivity index is 1.24. The van der Waals surface area contributed by atoms with Gasteiger partial charge in [-0.2, -0.15) is 9.97 Å². The van der Waals surface area contributed by atoms with Gasteiger partial charge in [0.05, 0.1) is 16.6 Å².